The van der Waals surface area contributed by atoms with Gasteiger partial charge in [0.25, 0.3) is 0 Å². The zero-order valence-corrected chi connectivity index (χ0v) is 11.5. The lowest BCUT2D eigenvalue weighted by Crippen LogP contribution is -2.06. The van der Waals surface area contributed by atoms with Gasteiger partial charge in [-0.25, -0.2) is 9.78 Å². The molecule has 0 aliphatic rings. The Morgan fingerprint density at radius 2 is 1.84 bits per heavy atom. The first kappa shape index (κ1) is 13.6. The van der Waals surface area contributed by atoms with Crippen molar-refractivity contribution < 1.29 is 9.53 Å². The van der Waals surface area contributed by atoms with Crippen molar-refractivity contribution in [1.29, 1.82) is 0 Å². The fraction of sp³-hybridized carbons (Fsp3) is 0.0769. The second-order valence-electron chi connectivity index (χ2n) is 3.72. The zero-order valence-electron chi connectivity index (χ0n) is 9.98. The molecule has 2 rings (SSSR count). The Bertz CT molecular complexity index is 624. The summed E-state index contributed by atoms with van der Waals surface area (Å²) >= 11 is 12.2. The number of nitrogens with two attached hydrogens (primary N) is 1. The van der Waals surface area contributed by atoms with E-state index in [-0.39, 0.29) is 11.5 Å². The summed E-state index contributed by atoms with van der Waals surface area (Å²) in [4.78, 5) is 15.3. The average molecular weight is 297 g/mol. The number of nitrogen functional groups attached to an aromatic ring is 1. The van der Waals surface area contributed by atoms with Gasteiger partial charge in [0.15, 0.2) is 5.69 Å². The van der Waals surface area contributed by atoms with Crippen molar-refractivity contribution in [2.24, 2.45) is 0 Å². The Balaban J connectivity index is 2.56. The molecule has 0 spiro atoms. The van der Waals surface area contributed by atoms with Crippen LogP contribution in [-0.2, 0) is 4.74 Å². The van der Waals surface area contributed by atoms with E-state index in [4.69, 9.17) is 28.9 Å². The Labute approximate surface area is 120 Å². The Morgan fingerprint density at radius 3 is 2.37 bits per heavy atom. The number of rotatable bonds is 2. The molecule has 2 aromatic rings. The van der Waals surface area contributed by atoms with E-state index < -0.39 is 5.97 Å². The quantitative estimate of drug-likeness (QED) is 0.862. The maximum Gasteiger partial charge on any atom is 0.356 e. The van der Waals surface area contributed by atoms with Crippen LogP contribution in [0.5, 0.6) is 0 Å². The largest absolute Gasteiger partial charge is 0.464 e. The molecule has 0 unspecified atom stereocenters. The minimum absolute atomic E-state index is 0.131. The fourth-order valence-corrected chi connectivity index (χ4v) is 2.26. The highest BCUT2D eigenvalue weighted by molar-refractivity contribution is 6.39. The zero-order chi connectivity index (χ0) is 14.0. The third-order valence-electron chi connectivity index (χ3n) is 2.55. The van der Waals surface area contributed by atoms with Crippen LogP contribution < -0.4 is 5.73 Å². The van der Waals surface area contributed by atoms with E-state index in [2.05, 4.69) is 9.72 Å². The minimum atomic E-state index is -0.552. The van der Waals surface area contributed by atoms with Crippen LogP contribution in [0.3, 0.4) is 0 Å². The number of esters is 1. The van der Waals surface area contributed by atoms with E-state index in [1.54, 1.807) is 24.3 Å². The van der Waals surface area contributed by atoms with E-state index in [0.717, 1.165) is 0 Å². The fourth-order valence-electron chi connectivity index (χ4n) is 1.66. The number of anilines is 1. The van der Waals surface area contributed by atoms with Gasteiger partial charge < -0.3 is 10.5 Å². The van der Waals surface area contributed by atoms with E-state index in [1.807, 2.05) is 0 Å². The number of hydrogen-bond acceptors (Lipinski definition) is 4. The second-order valence-corrected chi connectivity index (χ2v) is 4.53. The van der Waals surface area contributed by atoms with Gasteiger partial charge in [-0.3, -0.25) is 0 Å². The lowest BCUT2D eigenvalue weighted by molar-refractivity contribution is 0.0594. The van der Waals surface area contributed by atoms with Gasteiger partial charge >= 0.3 is 5.97 Å². The van der Waals surface area contributed by atoms with E-state index in [1.165, 1.54) is 13.2 Å². The molecule has 2 N–H and O–H groups in total. The predicted molar refractivity (Wildman–Crippen MR) is 75.4 cm³/mol. The van der Waals surface area contributed by atoms with Gasteiger partial charge in [-0.1, -0.05) is 29.3 Å². The van der Waals surface area contributed by atoms with Crippen LogP contribution in [0.2, 0.25) is 10.0 Å². The molecule has 19 heavy (non-hydrogen) atoms. The van der Waals surface area contributed by atoms with Crippen molar-refractivity contribution in [3.8, 4) is 11.1 Å². The van der Waals surface area contributed by atoms with Crippen molar-refractivity contribution in [1.82, 2.24) is 4.98 Å². The Kier molecular flexibility index (Phi) is 3.93. The average Bonchev–Trinajstić information content (AvgIpc) is 2.39. The molecule has 0 amide bonds. The first-order valence-corrected chi connectivity index (χ1v) is 6.09. The van der Waals surface area contributed by atoms with Crippen molar-refractivity contribution >= 4 is 35.0 Å². The van der Waals surface area contributed by atoms with Crippen LogP contribution in [0.1, 0.15) is 10.5 Å². The molecule has 0 aliphatic carbocycles. The molecule has 0 aliphatic heterocycles. The Morgan fingerprint density at radius 1 is 1.21 bits per heavy atom. The van der Waals surface area contributed by atoms with Crippen LogP contribution in [0.4, 0.5) is 5.82 Å². The second kappa shape index (κ2) is 5.47. The van der Waals surface area contributed by atoms with E-state index in [9.17, 15) is 4.79 Å². The van der Waals surface area contributed by atoms with Crippen molar-refractivity contribution in [3.63, 3.8) is 0 Å². The molecule has 0 saturated carbocycles. The van der Waals surface area contributed by atoms with Crippen LogP contribution in [-0.4, -0.2) is 18.1 Å². The highest BCUT2D eigenvalue weighted by Crippen LogP contribution is 2.36. The number of methoxy groups -OCH3 is 1. The van der Waals surface area contributed by atoms with Gasteiger partial charge in [-0.2, -0.15) is 0 Å². The third kappa shape index (κ3) is 2.64. The molecular weight excluding hydrogens is 287 g/mol. The molecule has 0 bridgehead atoms. The van der Waals surface area contributed by atoms with Gasteiger partial charge in [0.1, 0.15) is 5.82 Å². The van der Waals surface area contributed by atoms with Crippen LogP contribution in [0.15, 0.2) is 30.3 Å². The number of benzene rings is 1. The van der Waals surface area contributed by atoms with Crippen molar-refractivity contribution in [2.45, 2.75) is 0 Å². The first-order chi connectivity index (χ1) is 9.04. The van der Waals surface area contributed by atoms with Crippen LogP contribution >= 0.6 is 23.2 Å². The topological polar surface area (TPSA) is 65.2 Å². The number of nitrogens with zero attached hydrogens (tertiary/aromatic N) is 1. The number of halogens is 2. The molecule has 1 aromatic carbocycles. The molecule has 1 heterocycles. The molecule has 6 heteroatoms. The number of hydrogen-bond donors (Lipinski definition) is 1. The molecule has 0 saturated heterocycles. The molecule has 0 atom stereocenters. The van der Waals surface area contributed by atoms with Gasteiger partial charge in [-0.05, 0) is 24.3 Å². The molecule has 98 valence electrons. The van der Waals surface area contributed by atoms with Crippen molar-refractivity contribution in [2.75, 3.05) is 12.8 Å². The molecule has 0 fully saturated rings. The summed E-state index contributed by atoms with van der Waals surface area (Å²) in [6.07, 6.45) is 0. The highest BCUT2D eigenvalue weighted by atomic mass is 35.5. The van der Waals surface area contributed by atoms with E-state index in [0.29, 0.717) is 21.2 Å². The summed E-state index contributed by atoms with van der Waals surface area (Å²) in [5.74, 6) is -0.388. The third-order valence-corrected chi connectivity index (χ3v) is 3.18. The highest BCUT2D eigenvalue weighted by Gasteiger charge is 2.15. The maximum absolute atomic E-state index is 11.4. The Hall–Kier alpha value is -1.78. The summed E-state index contributed by atoms with van der Waals surface area (Å²) in [7, 11) is 1.28. The summed E-state index contributed by atoms with van der Waals surface area (Å²) in [5.41, 5.74) is 7.14. The van der Waals surface area contributed by atoms with Crippen LogP contribution in [0.25, 0.3) is 11.1 Å². The smallest absolute Gasteiger partial charge is 0.356 e. The number of aromatic nitrogens is 1. The predicted octanol–water partition coefficient (Wildman–Crippen LogP) is 3.42. The number of ether oxygens (including phenoxy) is 1. The SMILES string of the molecule is COC(=O)c1ccc(-c2c(Cl)cccc2Cl)c(N)n1. The standard InChI is InChI=1S/C13H10Cl2N2O2/c1-19-13(18)10-6-5-7(12(16)17-10)11-8(14)3-2-4-9(11)15/h2-6H,1H3,(H2,16,17). The van der Waals surface area contributed by atoms with Crippen LogP contribution in [0, 0.1) is 0 Å². The summed E-state index contributed by atoms with van der Waals surface area (Å²) < 4.78 is 4.58. The summed E-state index contributed by atoms with van der Waals surface area (Å²) in [6, 6.07) is 8.30. The van der Waals surface area contributed by atoms with Gasteiger partial charge in [0.2, 0.25) is 0 Å². The van der Waals surface area contributed by atoms with Crippen molar-refractivity contribution in [3.05, 3.63) is 46.1 Å². The number of pyridine rings is 1. The summed E-state index contributed by atoms with van der Waals surface area (Å²) in [5, 5.41) is 0.929. The summed E-state index contributed by atoms with van der Waals surface area (Å²) in [6.45, 7) is 0. The lowest BCUT2D eigenvalue weighted by atomic mass is 10.1. The lowest BCUT2D eigenvalue weighted by Gasteiger charge is -2.10. The normalized spacial score (nSPS) is 10.3. The van der Waals surface area contributed by atoms with E-state index >= 15 is 0 Å². The molecule has 4 nitrogen and oxygen atoms in total. The monoisotopic (exact) mass is 296 g/mol. The number of carbonyl (C=O) groups excluding carboxylic acids is 1. The van der Waals surface area contributed by atoms with Gasteiger partial charge in [-0.15, -0.1) is 0 Å². The molecule has 0 radical (unpaired) electrons. The first-order valence-electron chi connectivity index (χ1n) is 5.34. The van der Waals surface area contributed by atoms with Gasteiger partial charge in [0.05, 0.1) is 17.2 Å². The molecule has 1 aromatic heterocycles. The van der Waals surface area contributed by atoms with Gasteiger partial charge in [0, 0.05) is 11.1 Å². The number of carbonyl (C=O) groups is 1. The molecular formula is C13H10Cl2N2O2. The minimum Gasteiger partial charge on any atom is -0.464 e. The maximum atomic E-state index is 11.4.